The average molecular weight is 395 g/mol. The molecule has 1 amide bonds. The number of halogens is 2. The third-order valence-corrected chi connectivity index (χ3v) is 4.39. The van der Waals surface area contributed by atoms with Gasteiger partial charge in [-0.1, -0.05) is 35.9 Å². The molecule has 0 aromatic heterocycles. The standard InChI is InChI=1S/C22H16ClFN2O2/c1-14(22(27)26-21-11-8-18(24)12-20(21)23)28-19-9-6-17(7-10-19)16-4-2-15(13-25)3-5-16/h2-12,14H,1H3,(H,26,27)/t14-/m0/s1. The van der Waals surface area contributed by atoms with Crippen LogP contribution in [0.1, 0.15) is 12.5 Å². The summed E-state index contributed by atoms with van der Waals surface area (Å²) in [6.45, 7) is 1.61. The fourth-order valence-electron chi connectivity index (χ4n) is 2.55. The van der Waals surface area contributed by atoms with Gasteiger partial charge in [-0.2, -0.15) is 5.26 Å². The third kappa shape index (κ3) is 4.67. The van der Waals surface area contributed by atoms with Crippen LogP contribution in [-0.2, 0) is 4.79 Å². The molecule has 0 heterocycles. The Morgan fingerprint density at radius 1 is 1.07 bits per heavy atom. The van der Waals surface area contributed by atoms with Gasteiger partial charge in [-0.05, 0) is 60.5 Å². The lowest BCUT2D eigenvalue weighted by atomic mass is 10.0. The van der Waals surface area contributed by atoms with Crippen LogP contribution in [0.25, 0.3) is 11.1 Å². The number of ether oxygens (including phenoxy) is 1. The first-order chi connectivity index (χ1) is 13.5. The second kappa shape index (κ2) is 8.55. The SMILES string of the molecule is C[C@H](Oc1ccc(-c2ccc(C#N)cc2)cc1)C(=O)Nc1ccc(F)cc1Cl. The predicted octanol–water partition coefficient (Wildman–Crippen LogP) is 5.42. The molecule has 3 aromatic carbocycles. The number of benzene rings is 3. The number of nitrogens with zero attached hydrogens (tertiary/aromatic N) is 1. The van der Waals surface area contributed by atoms with Gasteiger partial charge in [0.1, 0.15) is 11.6 Å². The van der Waals surface area contributed by atoms with Crippen LogP contribution in [-0.4, -0.2) is 12.0 Å². The highest BCUT2D eigenvalue weighted by Crippen LogP contribution is 2.25. The van der Waals surface area contributed by atoms with Gasteiger partial charge in [0.25, 0.3) is 5.91 Å². The highest BCUT2D eigenvalue weighted by Gasteiger charge is 2.16. The van der Waals surface area contributed by atoms with Crippen molar-refractivity contribution in [1.82, 2.24) is 0 Å². The fourth-order valence-corrected chi connectivity index (χ4v) is 2.76. The summed E-state index contributed by atoms with van der Waals surface area (Å²) in [6.07, 6.45) is -0.776. The Hall–Kier alpha value is -3.36. The van der Waals surface area contributed by atoms with Crippen molar-refractivity contribution in [2.75, 3.05) is 5.32 Å². The smallest absolute Gasteiger partial charge is 0.265 e. The van der Waals surface area contributed by atoms with Crippen LogP contribution < -0.4 is 10.1 Å². The number of nitriles is 1. The largest absolute Gasteiger partial charge is 0.481 e. The second-order valence-electron chi connectivity index (χ2n) is 6.09. The van der Waals surface area contributed by atoms with Crippen molar-refractivity contribution in [2.45, 2.75) is 13.0 Å². The van der Waals surface area contributed by atoms with Gasteiger partial charge in [0.05, 0.1) is 22.3 Å². The molecule has 0 fully saturated rings. The van der Waals surface area contributed by atoms with E-state index in [0.29, 0.717) is 17.0 Å². The van der Waals surface area contributed by atoms with Crippen molar-refractivity contribution in [1.29, 1.82) is 5.26 Å². The van der Waals surface area contributed by atoms with E-state index < -0.39 is 17.8 Å². The maximum absolute atomic E-state index is 13.1. The molecule has 0 aliphatic carbocycles. The summed E-state index contributed by atoms with van der Waals surface area (Å²) < 4.78 is 18.8. The average Bonchev–Trinajstić information content (AvgIpc) is 2.70. The minimum atomic E-state index is -0.776. The van der Waals surface area contributed by atoms with Gasteiger partial charge in [-0.3, -0.25) is 4.79 Å². The molecule has 0 aliphatic heterocycles. The zero-order chi connectivity index (χ0) is 20.1. The predicted molar refractivity (Wildman–Crippen MR) is 107 cm³/mol. The molecule has 140 valence electrons. The lowest BCUT2D eigenvalue weighted by Gasteiger charge is -2.15. The first kappa shape index (κ1) is 19.4. The van der Waals surface area contributed by atoms with Crippen molar-refractivity contribution in [3.8, 4) is 22.9 Å². The van der Waals surface area contributed by atoms with Gasteiger partial charge in [-0.25, -0.2) is 4.39 Å². The number of nitrogens with one attached hydrogen (secondary N) is 1. The summed E-state index contributed by atoms with van der Waals surface area (Å²) in [5, 5.41) is 11.6. The quantitative estimate of drug-likeness (QED) is 0.628. The molecule has 1 N–H and O–H groups in total. The maximum Gasteiger partial charge on any atom is 0.265 e. The van der Waals surface area contributed by atoms with Crippen molar-refractivity contribution in [2.24, 2.45) is 0 Å². The van der Waals surface area contributed by atoms with E-state index >= 15 is 0 Å². The van der Waals surface area contributed by atoms with Crippen LogP contribution in [0, 0.1) is 17.1 Å². The first-order valence-corrected chi connectivity index (χ1v) is 8.87. The molecule has 4 nitrogen and oxygen atoms in total. The third-order valence-electron chi connectivity index (χ3n) is 4.07. The van der Waals surface area contributed by atoms with E-state index in [4.69, 9.17) is 21.6 Å². The van der Waals surface area contributed by atoms with Crippen LogP contribution in [0.2, 0.25) is 5.02 Å². The second-order valence-corrected chi connectivity index (χ2v) is 6.49. The van der Waals surface area contributed by atoms with Crippen LogP contribution in [0.4, 0.5) is 10.1 Å². The number of carbonyl (C=O) groups excluding carboxylic acids is 1. The van der Waals surface area contributed by atoms with Crippen LogP contribution in [0.3, 0.4) is 0 Å². The van der Waals surface area contributed by atoms with E-state index in [-0.39, 0.29) is 5.02 Å². The molecule has 28 heavy (non-hydrogen) atoms. The van der Waals surface area contributed by atoms with Gasteiger partial charge in [0.15, 0.2) is 6.10 Å². The van der Waals surface area contributed by atoms with Gasteiger partial charge < -0.3 is 10.1 Å². The van der Waals surface area contributed by atoms with Gasteiger partial charge >= 0.3 is 0 Å². The summed E-state index contributed by atoms with van der Waals surface area (Å²) in [7, 11) is 0. The monoisotopic (exact) mass is 394 g/mol. The molecule has 0 unspecified atom stereocenters. The normalized spacial score (nSPS) is 11.4. The lowest BCUT2D eigenvalue weighted by molar-refractivity contribution is -0.122. The Labute approximate surface area is 167 Å². The topological polar surface area (TPSA) is 62.1 Å². The highest BCUT2D eigenvalue weighted by molar-refractivity contribution is 6.33. The molecule has 3 aromatic rings. The first-order valence-electron chi connectivity index (χ1n) is 8.49. The van der Waals surface area contributed by atoms with Crippen molar-refractivity contribution in [3.05, 3.63) is 83.1 Å². The summed E-state index contributed by atoms with van der Waals surface area (Å²) in [5.74, 6) is -0.343. The number of carbonyl (C=O) groups is 1. The number of hydrogen-bond acceptors (Lipinski definition) is 3. The minimum Gasteiger partial charge on any atom is -0.481 e. The highest BCUT2D eigenvalue weighted by atomic mass is 35.5. The maximum atomic E-state index is 13.1. The van der Waals surface area contributed by atoms with Gasteiger partial charge in [0.2, 0.25) is 0 Å². The van der Waals surface area contributed by atoms with E-state index in [1.54, 1.807) is 31.2 Å². The molecule has 0 radical (unpaired) electrons. The van der Waals surface area contributed by atoms with Crippen molar-refractivity contribution >= 4 is 23.2 Å². The lowest BCUT2D eigenvalue weighted by Crippen LogP contribution is -2.30. The molecule has 0 saturated heterocycles. The Balaban J connectivity index is 1.64. The Morgan fingerprint density at radius 3 is 2.25 bits per heavy atom. The molecule has 0 saturated carbocycles. The molecule has 0 bridgehead atoms. The molecular weight excluding hydrogens is 379 g/mol. The van der Waals surface area contributed by atoms with E-state index in [0.717, 1.165) is 17.2 Å². The van der Waals surface area contributed by atoms with Crippen LogP contribution in [0.5, 0.6) is 5.75 Å². The van der Waals surface area contributed by atoms with Crippen LogP contribution >= 0.6 is 11.6 Å². The molecule has 0 spiro atoms. The summed E-state index contributed by atoms with van der Waals surface area (Å²) in [6, 6.07) is 20.4. The van der Waals surface area contributed by atoms with E-state index in [2.05, 4.69) is 11.4 Å². The molecule has 1 atom stereocenters. The zero-order valence-corrected chi connectivity index (χ0v) is 15.7. The van der Waals surface area contributed by atoms with Gasteiger partial charge in [0, 0.05) is 0 Å². The van der Waals surface area contributed by atoms with E-state index in [1.807, 2.05) is 24.3 Å². The van der Waals surface area contributed by atoms with Crippen molar-refractivity contribution < 1.29 is 13.9 Å². The fraction of sp³-hybridized carbons (Fsp3) is 0.0909. The van der Waals surface area contributed by atoms with Gasteiger partial charge in [-0.15, -0.1) is 0 Å². The summed E-state index contributed by atoms with van der Waals surface area (Å²) in [4.78, 5) is 12.3. The molecule has 3 rings (SSSR count). The Morgan fingerprint density at radius 2 is 1.68 bits per heavy atom. The Kier molecular flexibility index (Phi) is 5.93. The van der Waals surface area contributed by atoms with E-state index in [9.17, 15) is 9.18 Å². The Bertz CT molecular complexity index is 1030. The number of amides is 1. The molecular formula is C22H16ClFN2O2. The number of anilines is 1. The van der Waals surface area contributed by atoms with Crippen molar-refractivity contribution in [3.63, 3.8) is 0 Å². The molecule has 6 heteroatoms. The molecule has 0 aliphatic rings. The zero-order valence-electron chi connectivity index (χ0n) is 14.9. The van der Waals surface area contributed by atoms with Crippen LogP contribution in [0.15, 0.2) is 66.7 Å². The van der Waals surface area contributed by atoms with E-state index in [1.165, 1.54) is 12.1 Å². The number of hydrogen-bond donors (Lipinski definition) is 1. The summed E-state index contributed by atoms with van der Waals surface area (Å²) in [5.41, 5.74) is 2.86. The minimum absolute atomic E-state index is 0.118. The summed E-state index contributed by atoms with van der Waals surface area (Å²) >= 11 is 5.92. The number of rotatable bonds is 5.